The Morgan fingerprint density at radius 2 is 2.00 bits per heavy atom. The van der Waals surface area contributed by atoms with Crippen LogP contribution in [0.15, 0.2) is 53.4 Å². The van der Waals surface area contributed by atoms with Gasteiger partial charge in [0.25, 0.3) is 0 Å². The van der Waals surface area contributed by atoms with Gasteiger partial charge < -0.3 is 9.64 Å². The van der Waals surface area contributed by atoms with Crippen LogP contribution in [0.3, 0.4) is 0 Å². The molecule has 0 aromatic heterocycles. The number of para-hydroxylation sites is 1. The second-order valence-corrected chi connectivity index (χ2v) is 7.82. The number of rotatable bonds is 6. The van der Waals surface area contributed by atoms with Crippen LogP contribution in [-0.2, 0) is 10.0 Å². The third-order valence-electron chi connectivity index (χ3n) is 4.40. The highest BCUT2D eigenvalue weighted by Crippen LogP contribution is 2.24. The van der Waals surface area contributed by atoms with Crippen LogP contribution in [0.5, 0.6) is 5.75 Å². The van der Waals surface area contributed by atoms with Gasteiger partial charge in [-0.15, -0.1) is 0 Å². The van der Waals surface area contributed by atoms with Crippen molar-refractivity contribution < 1.29 is 17.5 Å². The van der Waals surface area contributed by atoms with Crippen LogP contribution in [0.4, 0.5) is 10.1 Å². The topological polar surface area (TPSA) is 58.6 Å². The van der Waals surface area contributed by atoms with Crippen LogP contribution >= 0.6 is 0 Å². The van der Waals surface area contributed by atoms with E-state index in [9.17, 15) is 12.8 Å². The molecule has 2 aromatic carbocycles. The molecule has 1 saturated heterocycles. The van der Waals surface area contributed by atoms with Gasteiger partial charge in [-0.25, -0.2) is 17.5 Å². The number of hydrogen-bond donors (Lipinski definition) is 1. The van der Waals surface area contributed by atoms with E-state index in [4.69, 9.17) is 4.74 Å². The molecule has 3 rings (SSSR count). The molecule has 7 heteroatoms. The molecule has 1 unspecified atom stereocenters. The number of anilines is 1. The lowest BCUT2D eigenvalue weighted by Crippen LogP contribution is -2.31. The summed E-state index contributed by atoms with van der Waals surface area (Å²) in [6, 6.07) is 13.7. The average Bonchev–Trinajstić information content (AvgIpc) is 3.09. The Morgan fingerprint density at radius 1 is 1.24 bits per heavy atom. The molecule has 1 fully saturated rings. The molecule has 5 nitrogen and oxygen atoms in total. The van der Waals surface area contributed by atoms with Crippen LogP contribution in [0, 0.1) is 11.7 Å². The van der Waals surface area contributed by atoms with Crippen molar-refractivity contribution in [2.45, 2.75) is 11.3 Å². The Kier molecular flexibility index (Phi) is 5.24. The first-order chi connectivity index (χ1) is 12.0. The van der Waals surface area contributed by atoms with Crippen LogP contribution < -0.4 is 14.4 Å². The Morgan fingerprint density at radius 3 is 2.68 bits per heavy atom. The third-order valence-corrected chi connectivity index (χ3v) is 5.85. The highest BCUT2D eigenvalue weighted by Gasteiger charge is 2.26. The number of sulfonamides is 1. The zero-order valence-corrected chi connectivity index (χ0v) is 14.8. The molecule has 0 radical (unpaired) electrons. The van der Waals surface area contributed by atoms with Gasteiger partial charge in [0.2, 0.25) is 10.0 Å². The van der Waals surface area contributed by atoms with Gasteiger partial charge in [0, 0.05) is 31.4 Å². The lowest BCUT2D eigenvalue weighted by atomic mass is 10.1. The second kappa shape index (κ2) is 7.41. The minimum Gasteiger partial charge on any atom is -0.497 e. The van der Waals surface area contributed by atoms with Gasteiger partial charge in [-0.2, -0.15) is 0 Å². The molecule has 0 amide bonds. The van der Waals surface area contributed by atoms with Gasteiger partial charge in [0.1, 0.15) is 16.5 Å². The molecule has 1 aliphatic rings. The summed E-state index contributed by atoms with van der Waals surface area (Å²) in [6.45, 7) is 1.95. The summed E-state index contributed by atoms with van der Waals surface area (Å²) in [5.74, 6) is -0.341. The zero-order chi connectivity index (χ0) is 17.9. The van der Waals surface area contributed by atoms with E-state index >= 15 is 0 Å². The largest absolute Gasteiger partial charge is 0.497 e. The van der Waals surface area contributed by atoms with Crippen molar-refractivity contribution in [1.29, 1.82) is 0 Å². The van der Waals surface area contributed by atoms with Crippen molar-refractivity contribution in [3.63, 3.8) is 0 Å². The number of benzene rings is 2. The van der Waals surface area contributed by atoms with E-state index in [-0.39, 0.29) is 23.1 Å². The molecule has 0 saturated carbocycles. The standard InChI is InChI=1S/C18H21FN2O3S/c1-24-16-7-8-18(17(19)11-16)25(22,23)20-12-14-9-10-21(13-14)15-5-3-2-4-6-15/h2-8,11,14,20H,9-10,12-13H2,1H3. The number of methoxy groups -OCH3 is 1. The minimum absolute atomic E-state index is 0.191. The quantitative estimate of drug-likeness (QED) is 0.856. The second-order valence-electron chi connectivity index (χ2n) is 6.08. The fourth-order valence-corrected chi connectivity index (χ4v) is 4.18. The van der Waals surface area contributed by atoms with Gasteiger partial charge in [0.05, 0.1) is 7.11 Å². The number of nitrogens with one attached hydrogen (secondary N) is 1. The van der Waals surface area contributed by atoms with Crippen molar-refractivity contribution >= 4 is 15.7 Å². The number of ether oxygens (including phenoxy) is 1. The number of halogens is 1. The average molecular weight is 364 g/mol. The smallest absolute Gasteiger partial charge is 0.243 e. The lowest BCUT2D eigenvalue weighted by Gasteiger charge is -2.18. The monoisotopic (exact) mass is 364 g/mol. The van der Waals surface area contributed by atoms with E-state index in [1.54, 1.807) is 0 Å². The van der Waals surface area contributed by atoms with E-state index in [1.807, 2.05) is 30.3 Å². The fraction of sp³-hybridized carbons (Fsp3) is 0.333. The maximum absolute atomic E-state index is 14.0. The van der Waals surface area contributed by atoms with E-state index in [0.29, 0.717) is 0 Å². The van der Waals surface area contributed by atoms with Gasteiger partial charge in [-0.05, 0) is 36.6 Å². The summed E-state index contributed by atoms with van der Waals surface area (Å²) in [5.41, 5.74) is 1.13. The van der Waals surface area contributed by atoms with Crippen molar-refractivity contribution in [2.24, 2.45) is 5.92 Å². The molecule has 1 aliphatic heterocycles. The molecular formula is C18H21FN2O3S. The first-order valence-corrected chi connectivity index (χ1v) is 9.61. The summed E-state index contributed by atoms with van der Waals surface area (Å²) in [7, 11) is -2.48. The Labute approximate surface area is 147 Å². The summed E-state index contributed by atoms with van der Waals surface area (Å²) < 4.78 is 46.1. The first-order valence-electron chi connectivity index (χ1n) is 8.13. The molecule has 2 aromatic rings. The normalized spacial score (nSPS) is 17.7. The van der Waals surface area contributed by atoms with Crippen molar-refractivity contribution in [1.82, 2.24) is 4.72 Å². The fourth-order valence-electron chi connectivity index (χ4n) is 3.00. The summed E-state index contributed by atoms with van der Waals surface area (Å²) in [4.78, 5) is 1.87. The SMILES string of the molecule is COc1ccc(S(=O)(=O)NCC2CCN(c3ccccc3)C2)c(F)c1. The molecule has 1 N–H and O–H groups in total. The molecule has 1 atom stereocenters. The number of nitrogens with zero attached hydrogens (tertiary/aromatic N) is 1. The predicted molar refractivity (Wildman–Crippen MR) is 94.9 cm³/mol. The van der Waals surface area contributed by atoms with E-state index < -0.39 is 15.8 Å². The molecular weight excluding hydrogens is 343 g/mol. The number of hydrogen-bond acceptors (Lipinski definition) is 4. The molecule has 0 bridgehead atoms. The Balaban J connectivity index is 1.62. The summed E-state index contributed by atoms with van der Waals surface area (Å²) in [5, 5.41) is 0. The zero-order valence-electron chi connectivity index (χ0n) is 14.0. The van der Waals surface area contributed by atoms with Crippen LogP contribution in [0.25, 0.3) is 0 Å². The highest BCUT2D eigenvalue weighted by molar-refractivity contribution is 7.89. The van der Waals surface area contributed by atoms with Crippen LogP contribution in [0.2, 0.25) is 0 Å². The Hall–Kier alpha value is -2.12. The molecule has 0 spiro atoms. The first kappa shape index (κ1) is 17.7. The summed E-state index contributed by atoms with van der Waals surface area (Å²) >= 11 is 0. The molecule has 25 heavy (non-hydrogen) atoms. The lowest BCUT2D eigenvalue weighted by molar-refractivity contribution is 0.409. The maximum atomic E-state index is 14.0. The van der Waals surface area contributed by atoms with E-state index in [2.05, 4.69) is 9.62 Å². The van der Waals surface area contributed by atoms with E-state index in [0.717, 1.165) is 31.3 Å². The van der Waals surface area contributed by atoms with Crippen LogP contribution in [-0.4, -0.2) is 35.2 Å². The highest BCUT2D eigenvalue weighted by atomic mass is 32.2. The maximum Gasteiger partial charge on any atom is 0.243 e. The van der Waals surface area contributed by atoms with Crippen LogP contribution in [0.1, 0.15) is 6.42 Å². The summed E-state index contributed by atoms with van der Waals surface area (Å²) in [6.07, 6.45) is 0.891. The third kappa shape index (κ3) is 4.11. The van der Waals surface area contributed by atoms with Crippen molar-refractivity contribution in [3.05, 3.63) is 54.3 Å². The minimum atomic E-state index is -3.88. The Bertz CT molecular complexity index is 827. The van der Waals surface area contributed by atoms with Crippen molar-refractivity contribution in [3.8, 4) is 5.75 Å². The molecule has 134 valence electrons. The van der Waals surface area contributed by atoms with Gasteiger partial charge in [0.15, 0.2) is 0 Å². The van der Waals surface area contributed by atoms with Gasteiger partial charge in [-0.3, -0.25) is 0 Å². The predicted octanol–water partition coefficient (Wildman–Crippen LogP) is 2.64. The van der Waals surface area contributed by atoms with Gasteiger partial charge in [-0.1, -0.05) is 18.2 Å². The van der Waals surface area contributed by atoms with E-state index in [1.165, 1.54) is 19.2 Å². The molecule has 1 heterocycles. The van der Waals surface area contributed by atoms with Crippen molar-refractivity contribution in [2.75, 3.05) is 31.6 Å². The van der Waals surface area contributed by atoms with Gasteiger partial charge >= 0.3 is 0 Å². The molecule has 0 aliphatic carbocycles.